The molecule has 0 aliphatic heterocycles. The molecule has 0 radical (unpaired) electrons. The summed E-state index contributed by atoms with van der Waals surface area (Å²) < 4.78 is 64.8. The van der Waals surface area contributed by atoms with Crippen LogP contribution in [0, 0.1) is 13.8 Å². The van der Waals surface area contributed by atoms with E-state index >= 15 is 16.8 Å². The van der Waals surface area contributed by atoms with Crippen LogP contribution in [0.4, 0.5) is 11.4 Å². The number of benzene rings is 4. The van der Waals surface area contributed by atoms with Crippen molar-refractivity contribution in [1.29, 1.82) is 0 Å². The Balaban J connectivity index is 2.27. The molecule has 0 N–H and O–H groups in total. The smallest absolute Gasteiger partial charge is 0.335 e. The van der Waals surface area contributed by atoms with Crippen molar-refractivity contribution in [2.75, 3.05) is 6.58 Å². The van der Waals surface area contributed by atoms with Crippen molar-refractivity contribution in [3.8, 4) is 0 Å². The number of hydrogen-bond acceptors (Lipinski definition) is 4. The zero-order valence-corrected chi connectivity index (χ0v) is 33.8. The van der Waals surface area contributed by atoms with Gasteiger partial charge in [-0.2, -0.15) is 0 Å². The summed E-state index contributed by atoms with van der Waals surface area (Å²) in [6, 6.07) is 25.7. The zero-order valence-electron chi connectivity index (χ0n) is 31.0. The molecule has 0 saturated carbocycles. The predicted molar refractivity (Wildman–Crippen MR) is 207 cm³/mol. The molecule has 4 aromatic rings. The summed E-state index contributed by atoms with van der Waals surface area (Å²) in [5.74, 6) is -0.0842. The molecule has 0 amide bonds. The Hall–Kier alpha value is -3.09. The molecule has 0 bridgehead atoms. The third-order valence-electron chi connectivity index (χ3n) is 9.19. The van der Waals surface area contributed by atoms with E-state index in [1.807, 2.05) is 57.2 Å². The molecule has 262 valence electrons. The van der Waals surface area contributed by atoms with Crippen LogP contribution in [0.25, 0.3) is 0 Å². The monoisotopic (exact) mass is 716 g/mol. The third kappa shape index (κ3) is 7.81. The number of sulfonamides is 2. The largest absolute Gasteiger partial charge is 0.604 e. The Morgan fingerprint density at radius 1 is 0.490 bits per heavy atom. The Kier molecular flexibility index (Phi) is 12.2. The van der Waals surface area contributed by atoms with Crippen LogP contribution in [0.5, 0.6) is 0 Å². The Morgan fingerprint density at radius 3 is 0.980 bits per heavy atom. The van der Waals surface area contributed by atoms with Crippen molar-refractivity contribution in [3.63, 3.8) is 0 Å². The molecular formula is C40H53AlN2O4S2. The average molecular weight is 717 g/mol. The zero-order chi connectivity index (χ0) is 36.4. The van der Waals surface area contributed by atoms with Gasteiger partial charge in [-0.25, -0.2) is 16.8 Å². The second-order valence-electron chi connectivity index (χ2n) is 14.3. The van der Waals surface area contributed by atoms with Gasteiger partial charge in [0.05, 0.1) is 9.79 Å². The number of para-hydroxylation sites is 2. The van der Waals surface area contributed by atoms with Crippen molar-refractivity contribution >= 4 is 46.0 Å². The van der Waals surface area contributed by atoms with Crippen molar-refractivity contribution in [2.24, 2.45) is 0 Å². The molecule has 0 heterocycles. The van der Waals surface area contributed by atoms with Gasteiger partial charge in [-0.05, 0) is 84.0 Å². The van der Waals surface area contributed by atoms with E-state index in [9.17, 15) is 0 Å². The molecule has 0 aromatic heterocycles. The van der Waals surface area contributed by atoms with Crippen LogP contribution in [-0.2, 0) is 20.0 Å². The van der Waals surface area contributed by atoms with Gasteiger partial charge in [-0.1, -0.05) is 139 Å². The molecule has 0 aliphatic carbocycles. The summed E-state index contributed by atoms with van der Waals surface area (Å²) in [5.41, 5.74) is 6.59. The van der Waals surface area contributed by atoms with Gasteiger partial charge >= 0.3 is 14.6 Å². The SMILES string of the molecule is C[CH2][Al]([N](c1c(C(C)C)cccc1C(C)C)S(=O)(=O)c1ccc(C)cc1)[N](c1c(C(C)C)cccc1C(C)C)S(=O)(=O)c1ccc(C)cc1. The van der Waals surface area contributed by atoms with Crippen LogP contribution in [-0.4, -0.2) is 31.4 Å². The molecule has 0 saturated heterocycles. The highest BCUT2D eigenvalue weighted by molar-refractivity contribution is 7.97. The number of nitrogens with zero attached hydrogens (tertiary/aromatic N) is 2. The van der Waals surface area contributed by atoms with Crippen molar-refractivity contribution in [3.05, 3.63) is 118 Å². The van der Waals surface area contributed by atoms with Crippen molar-refractivity contribution < 1.29 is 16.8 Å². The van der Waals surface area contributed by atoms with Gasteiger partial charge in [0.2, 0.25) is 20.0 Å². The van der Waals surface area contributed by atoms with E-state index in [1.54, 1.807) is 55.1 Å². The van der Waals surface area contributed by atoms with Crippen LogP contribution in [0.3, 0.4) is 0 Å². The first kappa shape index (κ1) is 38.7. The molecule has 4 rings (SSSR count). The number of anilines is 2. The fourth-order valence-electron chi connectivity index (χ4n) is 6.47. The van der Waals surface area contributed by atoms with E-state index < -0.39 is 34.6 Å². The van der Waals surface area contributed by atoms with Crippen molar-refractivity contribution in [1.82, 2.24) is 0 Å². The number of hydrogen-bond donors (Lipinski definition) is 0. The van der Waals surface area contributed by atoms with E-state index in [2.05, 4.69) is 55.4 Å². The second-order valence-corrected chi connectivity index (χ2v) is 21.5. The maximum atomic E-state index is 15.4. The maximum Gasteiger partial charge on any atom is 0.604 e. The molecule has 6 nitrogen and oxygen atoms in total. The van der Waals surface area contributed by atoms with E-state index in [0.717, 1.165) is 33.4 Å². The summed E-state index contributed by atoms with van der Waals surface area (Å²) in [4.78, 5) is 0.289. The van der Waals surface area contributed by atoms with E-state index in [-0.39, 0.29) is 33.5 Å². The highest BCUT2D eigenvalue weighted by Crippen LogP contribution is 2.44. The first-order valence-electron chi connectivity index (χ1n) is 17.4. The highest BCUT2D eigenvalue weighted by atomic mass is 32.2. The van der Waals surface area contributed by atoms with E-state index in [0.29, 0.717) is 16.7 Å². The number of rotatable bonds is 13. The van der Waals surface area contributed by atoms with Crippen LogP contribution < -0.4 is 6.58 Å². The van der Waals surface area contributed by atoms with Crippen LogP contribution >= 0.6 is 0 Å². The summed E-state index contributed by atoms with van der Waals surface area (Å²) in [6.07, 6.45) is 0. The molecule has 9 heteroatoms. The topological polar surface area (TPSA) is 74.8 Å². The van der Waals surface area contributed by atoms with Gasteiger partial charge in [0.1, 0.15) is 0 Å². The van der Waals surface area contributed by atoms with Gasteiger partial charge in [0.25, 0.3) is 0 Å². The minimum absolute atomic E-state index is 0.0211. The predicted octanol–water partition coefficient (Wildman–Crippen LogP) is 10.4. The van der Waals surface area contributed by atoms with Gasteiger partial charge < -0.3 is 6.58 Å². The van der Waals surface area contributed by atoms with Crippen LogP contribution in [0.15, 0.2) is 94.7 Å². The minimum Gasteiger partial charge on any atom is -0.335 e. The molecule has 0 unspecified atom stereocenters. The fraction of sp³-hybridized carbons (Fsp3) is 0.400. The molecule has 0 fully saturated rings. The summed E-state index contributed by atoms with van der Waals surface area (Å²) in [5, 5.41) is 0.324. The molecular weight excluding hydrogens is 664 g/mol. The molecule has 0 atom stereocenters. The third-order valence-corrected chi connectivity index (χ3v) is 17.8. The molecule has 4 aromatic carbocycles. The average Bonchev–Trinajstić information content (AvgIpc) is 3.04. The van der Waals surface area contributed by atoms with Crippen LogP contribution in [0.1, 0.15) is 119 Å². The van der Waals surface area contributed by atoms with Gasteiger partial charge in [-0.15, -0.1) is 0 Å². The standard InChI is InChI=1S/2C19H24NO2S.C2H5.Al/c2*1-13(2)17-7-6-8-18(14(3)4)19(17)20-23(21,22)16-11-9-15(5)10-12-16;1-2;/h2*6-14H,1-5H3;1H2,2H3;/q2*-1;;+2. The Labute approximate surface area is 301 Å². The molecule has 49 heavy (non-hydrogen) atoms. The normalized spacial score (nSPS) is 12.3. The first-order chi connectivity index (χ1) is 22.9. The molecule has 0 spiro atoms. The van der Waals surface area contributed by atoms with E-state index in [1.165, 1.54) is 0 Å². The maximum absolute atomic E-state index is 15.4. The van der Waals surface area contributed by atoms with Gasteiger partial charge in [0, 0.05) is 11.4 Å². The lowest BCUT2D eigenvalue weighted by molar-refractivity contribution is 0.596. The van der Waals surface area contributed by atoms with E-state index in [4.69, 9.17) is 0 Å². The second kappa shape index (κ2) is 15.4. The lowest BCUT2D eigenvalue weighted by Gasteiger charge is -2.41. The first-order valence-corrected chi connectivity index (χ1v) is 22.2. The Bertz CT molecular complexity index is 1770. The fourth-order valence-corrected chi connectivity index (χ4v) is 15.8. The van der Waals surface area contributed by atoms with Crippen molar-refractivity contribution in [2.45, 2.75) is 115 Å². The summed E-state index contributed by atoms with van der Waals surface area (Å²) in [6.45, 7) is 22.3. The van der Waals surface area contributed by atoms with Gasteiger partial charge in [-0.3, -0.25) is 0 Å². The summed E-state index contributed by atoms with van der Waals surface area (Å²) in [7, 11) is -8.55. The Morgan fingerprint density at radius 2 is 0.755 bits per heavy atom. The minimum atomic E-state index is -4.27. The number of aryl methyl sites for hydroxylation is 2. The quantitative estimate of drug-likeness (QED) is 0.129. The lowest BCUT2D eigenvalue weighted by Crippen LogP contribution is -2.58. The highest BCUT2D eigenvalue weighted by Gasteiger charge is 2.50. The van der Waals surface area contributed by atoms with Crippen LogP contribution in [0.2, 0.25) is 5.28 Å². The molecule has 0 aliphatic rings. The lowest BCUT2D eigenvalue weighted by atomic mass is 9.93. The summed E-state index contributed by atoms with van der Waals surface area (Å²) >= 11 is -3.30. The van der Waals surface area contributed by atoms with Gasteiger partial charge in [0.15, 0.2) is 0 Å².